The fourth-order valence-corrected chi connectivity index (χ4v) is 3.99. The van der Waals surface area contributed by atoms with Gasteiger partial charge in [0.25, 0.3) is 11.8 Å². The number of carbonyl (C=O) groups is 2. The molecule has 1 unspecified atom stereocenters. The second-order valence-corrected chi connectivity index (χ2v) is 8.93. The van der Waals surface area contributed by atoms with Gasteiger partial charge in [-0.05, 0) is 51.1 Å². The topological polar surface area (TPSA) is 93.8 Å². The number of pyridine rings is 1. The molecule has 0 saturated carbocycles. The van der Waals surface area contributed by atoms with Crippen LogP contribution in [0.5, 0.6) is 5.75 Å². The molecule has 0 saturated heterocycles. The highest BCUT2D eigenvalue weighted by Gasteiger charge is 2.27. The highest BCUT2D eigenvalue weighted by molar-refractivity contribution is 6.30. The van der Waals surface area contributed by atoms with Crippen LogP contribution in [-0.4, -0.2) is 34.4 Å². The fourth-order valence-electron chi connectivity index (χ4n) is 3.80. The molecule has 1 aliphatic rings. The van der Waals surface area contributed by atoms with Crippen LogP contribution >= 0.6 is 11.6 Å². The van der Waals surface area contributed by atoms with Crippen molar-refractivity contribution in [2.24, 2.45) is 0 Å². The molecule has 2 amide bonds. The molecule has 1 aliphatic heterocycles. The Labute approximate surface area is 202 Å². The molecule has 178 valence electrons. The zero-order valence-corrected chi connectivity index (χ0v) is 20.0. The van der Waals surface area contributed by atoms with Crippen LogP contribution in [0.3, 0.4) is 0 Å². The van der Waals surface area contributed by atoms with Gasteiger partial charge < -0.3 is 23.9 Å². The molecule has 4 rings (SSSR count). The number of hydrogen-bond acceptors (Lipinski definition) is 5. The molecule has 3 heterocycles. The Morgan fingerprint density at radius 3 is 2.59 bits per heavy atom. The number of halogens is 1. The number of carbonyl (C=O) groups excluding carboxylic acids is 2. The van der Waals surface area contributed by atoms with E-state index in [2.05, 4.69) is 5.32 Å². The van der Waals surface area contributed by atoms with E-state index in [0.717, 1.165) is 5.56 Å². The molecule has 9 heteroatoms. The number of fused-ring (bicyclic) bond motifs is 1. The van der Waals surface area contributed by atoms with E-state index in [1.165, 1.54) is 23.6 Å². The van der Waals surface area contributed by atoms with E-state index >= 15 is 0 Å². The second kappa shape index (κ2) is 9.77. The van der Waals surface area contributed by atoms with E-state index in [4.69, 9.17) is 20.8 Å². The molecule has 0 spiro atoms. The third kappa shape index (κ3) is 4.87. The molecule has 2 aromatic heterocycles. The van der Waals surface area contributed by atoms with E-state index in [1.54, 1.807) is 41.8 Å². The lowest BCUT2D eigenvalue weighted by atomic mass is 10.1. The summed E-state index contributed by atoms with van der Waals surface area (Å²) in [6.07, 6.45) is 4.50. The summed E-state index contributed by atoms with van der Waals surface area (Å²) in [6.45, 7) is 6.37. The van der Waals surface area contributed by atoms with E-state index in [0.29, 0.717) is 16.5 Å². The van der Waals surface area contributed by atoms with Crippen molar-refractivity contribution in [3.8, 4) is 5.75 Å². The largest absolute Gasteiger partial charge is 0.491 e. The third-order valence-corrected chi connectivity index (χ3v) is 5.96. The van der Waals surface area contributed by atoms with Gasteiger partial charge in [0.05, 0.1) is 18.8 Å². The number of ether oxygens (including phenoxy) is 1. The van der Waals surface area contributed by atoms with Crippen molar-refractivity contribution in [1.82, 2.24) is 14.8 Å². The van der Waals surface area contributed by atoms with Crippen LogP contribution < -0.4 is 15.5 Å². The van der Waals surface area contributed by atoms with Crippen LogP contribution in [-0.2, 0) is 6.54 Å². The summed E-state index contributed by atoms with van der Waals surface area (Å²) < 4.78 is 12.8. The van der Waals surface area contributed by atoms with Crippen LogP contribution in [0.4, 0.5) is 0 Å². The minimum absolute atomic E-state index is 0.0718. The molecule has 0 fully saturated rings. The summed E-state index contributed by atoms with van der Waals surface area (Å²) >= 11 is 6.13. The van der Waals surface area contributed by atoms with Crippen LogP contribution in [0.2, 0.25) is 5.02 Å². The van der Waals surface area contributed by atoms with Gasteiger partial charge in [0.1, 0.15) is 29.2 Å². The smallest absolute Gasteiger partial charge is 0.259 e. The van der Waals surface area contributed by atoms with E-state index < -0.39 is 23.3 Å². The predicted octanol–water partition coefficient (Wildman–Crippen LogP) is 4.20. The van der Waals surface area contributed by atoms with Crippen molar-refractivity contribution in [2.45, 2.75) is 39.4 Å². The normalized spacial score (nSPS) is 14.2. The zero-order chi connectivity index (χ0) is 24.4. The van der Waals surface area contributed by atoms with E-state index in [9.17, 15) is 14.4 Å². The summed E-state index contributed by atoms with van der Waals surface area (Å²) in [5, 5.41) is 3.31. The van der Waals surface area contributed by atoms with Gasteiger partial charge in [-0.1, -0.05) is 11.6 Å². The molecule has 0 bridgehead atoms. The first-order valence-corrected chi connectivity index (χ1v) is 11.4. The Kier molecular flexibility index (Phi) is 6.79. The lowest BCUT2D eigenvalue weighted by Crippen LogP contribution is -2.39. The van der Waals surface area contributed by atoms with Gasteiger partial charge in [-0.2, -0.15) is 0 Å². The molecule has 0 aliphatic carbocycles. The SMILES string of the molecule is CC(NC(=O)c1cn(C(C)C)cc(C(=O)N2CCOc3ccc(Cl)cc3C2)c1=O)c1ccco1. The maximum absolute atomic E-state index is 13.5. The first-order valence-electron chi connectivity index (χ1n) is 11.0. The summed E-state index contributed by atoms with van der Waals surface area (Å²) in [6, 6.07) is 8.18. The number of nitrogens with one attached hydrogen (secondary N) is 1. The number of rotatable bonds is 5. The van der Waals surface area contributed by atoms with Gasteiger partial charge in [-0.25, -0.2) is 0 Å². The Bertz CT molecular complexity index is 1270. The molecule has 0 radical (unpaired) electrons. The highest BCUT2D eigenvalue weighted by Crippen LogP contribution is 2.27. The van der Waals surface area contributed by atoms with Crippen LogP contribution in [0, 0.1) is 0 Å². The number of furan rings is 1. The Balaban J connectivity index is 1.67. The first-order chi connectivity index (χ1) is 16.2. The molecule has 1 aromatic carbocycles. The van der Waals surface area contributed by atoms with Gasteiger partial charge in [-0.3, -0.25) is 14.4 Å². The minimum Gasteiger partial charge on any atom is -0.491 e. The summed E-state index contributed by atoms with van der Waals surface area (Å²) in [7, 11) is 0. The lowest BCUT2D eigenvalue weighted by molar-refractivity contribution is 0.0731. The molecule has 8 nitrogen and oxygen atoms in total. The van der Waals surface area contributed by atoms with Crippen molar-refractivity contribution in [2.75, 3.05) is 13.2 Å². The quantitative estimate of drug-likeness (QED) is 0.587. The van der Waals surface area contributed by atoms with Crippen LogP contribution in [0.25, 0.3) is 0 Å². The van der Waals surface area contributed by atoms with Crippen molar-refractivity contribution >= 4 is 23.4 Å². The Morgan fingerprint density at radius 2 is 1.88 bits per heavy atom. The highest BCUT2D eigenvalue weighted by atomic mass is 35.5. The molecule has 1 N–H and O–H groups in total. The Morgan fingerprint density at radius 1 is 1.12 bits per heavy atom. The molecule has 1 atom stereocenters. The third-order valence-electron chi connectivity index (χ3n) is 5.72. The minimum atomic E-state index is -0.623. The standard InChI is InChI=1S/C25H26ClN3O5/c1-15(2)29-13-19(24(31)27-16(3)21-5-4-9-33-21)23(30)20(14-29)25(32)28-8-10-34-22-7-6-18(26)11-17(22)12-28/h4-7,9,11,13-16H,8,10,12H2,1-3H3,(H,27,31). The van der Waals surface area contributed by atoms with Gasteiger partial charge in [0.15, 0.2) is 0 Å². The molecule has 3 aromatic rings. The van der Waals surface area contributed by atoms with Crippen molar-refractivity contribution in [3.05, 3.63) is 86.7 Å². The first kappa shape index (κ1) is 23.6. The van der Waals surface area contributed by atoms with Gasteiger partial charge in [0, 0.05) is 35.6 Å². The summed E-state index contributed by atoms with van der Waals surface area (Å²) in [5.41, 5.74) is -0.0452. The average Bonchev–Trinajstić information content (AvgIpc) is 3.26. The Hall–Kier alpha value is -3.52. The van der Waals surface area contributed by atoms with Crippen molar-refractivity contribution in [3.63, 3.8) is 0 Å². The number of amides is 2. The molecular formula is C25H26ClN3O5. The lowest BCUT2D eigenvalue weighted by Gasteiger charge is -2.22. The maximum Gasteiger partial charge on any atom is 0.259 e. The van der Waals surface area contributed by atoms with E-state index in [1.807, 2.05) is 13.8 Å². The average molecular weight is 484 g/mol. The monoisotopic (exact) mass is 483 g/mol. The fraction of sp³-hybridized carbons (Fsp3) is 0.320. The molecular weight excluding hydrogens is 458 g/mol. The number of benzene rings is 1. The van der Waals surface area contributed by atoms with Crippen LogP contribution in [0.15, 0.2) is 58.2 Å². The number of aromatic nitrogens is 1. The maximum atomic E-state index is 13.5. The van der Waals surface area contributed by atoms with Crippen LogP contribution in [0.1, 0.15) is 64.9 Å². The number of hydrogen-bond donors (Lipinski definition) is 1. The molecule has 34 heavy (non-hydrogen) atoms. The predicted molar refractivity (Wildman–Crippen MR) is 127 cm³/mol. The zero-order valence-electron chi connectivity index (χ0n) is 19.2. The number of nitrogens with zero attached hydrogens (tertiary/aromatic N) is 2. The van der Waals surface area contributed by atoms with E-state index in [-0.39, 0.29) is 36.9 Å². The van der Waals surface area contributed by atoms with Crippen molar-refractivity contribution < 1.29 is 18.7 Å². The van der Waals surface area contributed by atoms with Gasteiger partial charge in [0.2, 0.25) is 5.43 Å². The van der Waals surface area contributed by atoms with Gasteiger partial charge >= 0.3 is 0 Å². The van der Waals surface area contributed by atoms with Gasteiger partial charge in [-0.15, -0.1) is 0 Å². The van der Waals surface area contributed by atoms with Crippen molar-refractivity contribution in [1.29, 1.82) is 0 Å². The summed E-state index contributed by atoms with van der Waals surface area (Å²) in [4.78, 5) is 41.4. The summed E-state index contributed by atoms with van der Waals surface area (Å²) in [5.74, 6) is 0.171. The second-order valence-electron chi connectivity index (χ2n) is 8.49.